The maximum Gasteiger partial charge on any atom is 0.348 e. The lowest BCUT2D eigenvalue weighted by molar-refractivity contribution is -0.384. The molecule has 3 N–H and O–H groups in total. The second-order valence-corrected chi connectivity index (χ2v) is 5.04. The Bertz CT molecular complexity index is 726. The van der Waals surface area contributed by atoms with Crippen LogP contribution in [0.25, 0.3) is 10.4 Å². The predicted molar refractivity (Wildman–Crippen MR) is 72.5 cm³/mol. The highest BCUT2D eigenvalue weighted by Gasteiger charge is 2.24. The van der Waals surface area contributed by atoms with Gasteiger partial charge in [0.05, 0.1) is 22.2 Å². The van der Waals surface area contributed by atoms with E-state index in [9.17, 15) is 19.3 Å². The molecule has 6 nitrogen and oxygen atoms in total. The first-order chi connectivity index (χ1) is 9.32. The van der Waals surface area contributed by atoms with E-state index in [2.05, 4.69) is 0 Å². The van der Waals surface area contributed by atoms with E-state index in [1.54, 1.807) is 6.92 Å². The van der Waals surface area contributed by atoms with Crippen molar-refractivity contribution in [1.82, 2.24) is 0 Å². The Morgan fingerprint density at radius 1 is 1.50 bits per heavy atom. The Kier molecular flexibility index (Phi) is 3.41. The molecule has 0 saturated carbocycles. The quantitative estimate of drug-likeness (QED) is 0.668. The maximum absolute atomic E-state index is 13.1. The van der Waals surface area contributed by atoms with Gasteiger partial charge in [0, 0.05) is 4.88 Å². The molecule has 2 rings (SSSR count). The number of carboxylic acid groups (broad SMARTS) is 1. The molecule has 0 atom stereocenters. The third-order valence-corrected chi connectivity index (χ3v) is 4.12. The Morgan fingerprint density at radius 3 is 2.65 bits per heavy atom. The van der Waals surface area contributed by atoms with Crippen molar-refractivity contribution in [3.63, 3.8) is 0 Å². The van der Waals surface area contributed by atoms with Gasteiger partial charge in [0.25, 0.3) is 5.69 Å². The number of hydrogen-bond donors (Lipinski definition) is 2. The summed E-state index contributed by atoms with van der Waals surface area (Å²) in [5.74, 6) is -1.94. The molecule has 0 fully saturated rings. The van der Waals surface area contributed by atoms with Crippen LogP contribution in [0.5, 0.6) is 0 Å². The second kappa shape index (κ2) is 4.89. The molecule has 0 aliphatic heterocycles. The highest BCUT2D eigenvalue weighted by Crippen LogP contribution is 2.41. The Morgan fingerprint density at radius 2 is 2.15 bits per heavy atom. The summed E-state index contributed by atoms with van der Waals surface area (Å²) >= 11 is 0.833. The molecule has 0 saturated heterocycles. The average molecular weight is 296 g/mol. The van der Waals surface area contributed by atoms with E-state index in [0.717, 1.165) is 23.5 Å². The van der Waals surface area contributed by atoms with Gasteiger partial charge >= 0.3 is 5.97 Å². The van der Waals surface area contributed by atoms with Crippen LogP contribution in [-0.4, -0.2) is 16.0 Å². The second-order valence-electron chi connectivity index (χ2n) is 4.02. The zero-order valence-electron chi connectivity index (χ0n) is 10.2. The van der Waals surface area contributed by atoms with Gasteiger partial charge in [0.1, 0.15) is 10.7 Å². The third-order valence-electron chi connectivity index (χ3n) is 2.79. The minimum atomic E-state index is -1.20. The van der Waals surface area contributed by atoms with Crippen molar-refractivity contribution in [2.24, 2.45) is 0 Å². The molecule has 2 aromatic rings. The van der Waals surface area contributed by atoms with Crippen LogP contribution in [-0.2, 0) is 0 Å². The summed E-state index contributed by atoms with van der Waals surface area (Å²) in [6.07, 6.45) is 0. The van der Waals surface area contributed by atoms with Crippen LogP contribution < -0.4 is 5.73 Å². The molecule has 0 radical (unpaired) electrons. The van der Waals surface area contributed by atoms with Gasteiger partial charge in [-0.25, -0.2) is 9.18 Å². The number of benzene rings is 1. The number of hydrogen-bond acceptors (Lipinski definition) is 5. The van der Waals surface area contributed by atoms with E-state index in [1.807, 2.05) is 0 Å². The summed E-state index contributed by atoms with van der Waals surface area (Å²) in [6, 6.07) is 3.13. The van der Waals surface area contributed by atoms with Crippen molar-refractivity contribution < 1.29 is 19.2 Å². The number of carbonyl (C=O) groups is 1. The van der Waals surface area contributed by atoms with E-state index in [-0.39, 0.29) is 16.1 Å². The molecular formula is C12H9FN2O4S. The van der Waals surface area contributed by atoms with Gasteiger partial charge in [-0.2, -0.15) is 0 Å². The van der Waals surface area contributed by atoms with E-state index >= 15 is 0 Å². The van der Waals surface area contributed by atoms with Gasteiger partial charge < -0.3 is 10.8 Å². The van der Waals surface area contributed by atoms with Gasteiger partial charge in [-0.15, -0.1) is 11.3 Å². The molecule has 104 valence electrons. The van der Waals surface area contributed by atoms with Crippen LogP contribution in [0.15, 0.2) is 18.2 Å². The lowest BCUT2D eigenvalue weighted by Gasteiger charge is -2.02. The SMILES string of the molecule is Cc1c(-c2ccc(F)cc2[N+](=O)[O-])sc(C(=O)O)c1N. The number of carboxylic acids is 1. The molecule has 1 aromatic heterocycles. The van der Waals surface area contributed by atoms with E-state index in [0.29, 0.717) is 10.4 Å². The highest BCUT2D eigenvalue weighted by atomic mass is 32.1. The molecule has 0 aliphatic rings. The van der Waals surface area contributed by atoms with Gasteiger partial charge in [-0.1, -0.05) is 0 Å². The first kappa shape index (κ1) is 13.9. The monoisotopic (exact) mass is 296 g/mol. The van der Waals surface area contributed by atoms with Crippen LogP contribution in [0, 0.1) is 22.9 Å². The standard InChI is InChI=1S/C12H9FN2O4S/c1-5-9(14)11(12(16)17)20-10(5)7-3-2-6(13)4-8(7)15(18)19/h2-4H,14H2,1H3,(H,16,17). The molecule has 0 spiro atoms. The average Bonchev–Trinajstić information content (AvgIpc) is 2.66. The number of rotatable bonds is 3. The molecule has 0 aliphatic carbocycles. The van der Waals surface area contributed by atoms with Gasteiger partial charge in [-0.05, 0) is 24.6 Å². The zero-order valence-corrected chi connectivity index (χ0v) is 11.0. The van der Waals surface area contributed by atoms with Crippen molar-refractivity contribution in [2.75, 3.05) is 5.73 Å². The van der Waals surface area contributed by atoms with Crippen molar-refractivity contribution in [3.8, 4) is 10.4 Å². The lowest BCUT2D eigenvalue weighted by Crippen LogP contribution is -1.98. The fraction of sp³-hybridized carbons (Fsp3) is 0.0833. The minimum absolute atomic E-state index is 0.0659. The normalized spacial score (nSPS) is 10.5. The van der Waals surface area contributed by atoms with Crippen LogP contribution in [0.1, 0.15) is 15.2 Å². The molecule has 8 heteroatoms. The summed E-state index contributed by atoms with van der Waals surface area (Å²) in [7, 11) is 0. The topological polar surface area (TPSA) is 106 Å². The van der Waals surface area contributed by atoms with E-state index in [4.69, 9.17) is 10.8 Å². The van der Waals surface area contributed by atoms with Crippen molar-refractivity contribution >= 4 is 28.7 Å². The number of nitrogens with two attached hydrogens (primary N) is 1. The summed E-state index contributed by atoms with van der Waals surface area (Å²) in [5.41, 5.74) is 5.91. The number of thiophene rings is 1. The van der Waals surface area contributed by atoms with Crippen LogP contribution >= 0.6 is 11.3 Å². The Hall–Kier alpha value is -2.48. The molecule has 1 aromatic carbocycles. The van der Waals surface area contributed by atoms with Crippen molar-refractivity contribution in [1.29, 1.82) is 0 Å². The largest absolute Gasteiger partial charge is 0.477 e. The molecule has 1 heterocycles. The number of nitrogens with zero attached hydrogens (tertiary/aromatic N) is 1. The summed E-state index contributed by atoms with van der Waals surface area (Å²) < 4.78 is 13.1. The molecular weight excluding hydrogens is 287 g/mol. The number of anilines is 1. The van der Waals surface area contributed by atoms with Gasteiger partial charge in [0.2, 0.25) is 0 Å². The van der Waals surface area contributed by atoms with Crippen LogP contribution in [0.2, 0.25) is 0 Å². The maximum atomic E-state index is 13.1. The first-order valence-corrected chi connectivity index (χ1v) is 6.21. The molecule has 20 heavy (non-hydrogen) atoms. The summed E-state index contributed by atoms with van der Waals surface area (Å²) in [6.45, 7) is 1.57. The highest BCUT2D eigenvalue weighted by molar-refractivity contribution is 7.18. The fourth-order valence-electron chi connectivity index (χ4n) is 1.79. The third kappa shape index (κ3) is 2.21. The van der Waals surface area contributed by atoms with Gasteiger partial charge in [0.15, 0.2) is 0 Å². The number of nitro groups is 1. The van der Waals surface area contributed by atoms with E-state index < -0.39 is 22.4 Å². The minimum Gasteiger partial charge on any atom is -0.477 e. The molecule has 0 unspecified atom stereocenters. The Labute approximate surface area is 116 Å². The smallest absolute Gasteiger partial charge is 0.348 e. The summed E-state index contributed by atoms with van der Waals surface area (Å²) in [4.78, 5) is 21.6. The fourth-order valence-corrected chi connectivity index (χ4v) is 2.89. The van der Waals surface area contributed by atoms with Crippen molar-refractivity contribution in [2.45, 2.75) is 6.92 Å². The predicted octanol–water partition coefficient (Wildman–Crippen LogP) is 3.05. The lowest BCUT2D eigenvalue weighted by atomic mass is 10.1. The van der Waals surface area contributed by atoms with E-state index in [1.165, 1.54) is 6.07 Å². The number of aromatic carboxylic acids is 1. The van der Waals surface area contributed by atoms with Crippen molar-refractivity contribution in [3.05, 3.63) is 44.6 Å². The number of nitro benzene ring substituents is 1. The zero-order chi connectivity index (χ0) is 15.0. The first-order valence-electron chi connectivity index (χ1n) is 5.39. The number of halogens is 1. The number of nitrogen functional groups attached to an aromatic ring is 1. The summed E-state index contributed by atoms with van der Waals surface area (Å²) in [5, 5.41) is 20.0. The Balaban J connectivity index is 2.72. The molecule has 0 bridgehead atoms. The molecule has 0 amide bonds. The van der Waals surface area contributed by atoms with Crippen LogP contribution in [0.3, 0.4) is 0 Å². The van der Waals surface area contributed by atoms with Gasteiger partial charge in [-0.3, -0.25) is 10.1 Å². The van der Waals surface area contributed by atoms with Crippen LogP contribution in [0.4, 0.5) is 15.8 Å².